The van der Waals surface area contributed by atoms with Crippen LogP contribution in [0.2, 0.25) is 0 Å². The van der Waals surface area contributed by atoms with Crippen molar-refractivity contribution in [3.63, 3.8) is 0 Å². The third kappa shape index (κ3) is 8.82. The zero-order valence-electron chi connectivity index (χ0n) is 18.8. The molecule has 2 heterocycles. The van der Waals surface area contributed by atoms with Crippen LogP contribution in [-0.4, -0.2) is 101 Å². The van der Waals surface area contributed by atoms with Crippen molar-refractivity contribution in [3.05, 3.63) is 30.3 Å². The Morgan fingerprint density at radius 2 is 1.94 bits per heavy atom. The Morgan fingerprint density at radius 3 is 2.65 bits per heavy atom. The Morgan fingerprint density at radius 1 is 1.19 bits per heavy atom. The molecule has 1 aromatic rings. The van der Waals surface area contributed by atoms with Gasteiger partial charge in [-0.3, -0.25) is 9.69 Å². The molecule has 1 amide bonds. The number of guanidine groups is 1. The van der Waals surface area contributed by atoms with Crippen molar-refractivity contribution in [1.29, 1.82) is 0 Å². The van der Waals surface area contributed by atoms with Gasteiger partial charge in [0, 0.05) is 65.1 Å². The van der Waals surface area contributed by atoms with Gasteiger partial charge < -0.3 is 25.2 Å². The van der Waals surface area contributed by atoms with Gasteiger partial charge in [0.25, 0.3) is 0 Å². The van der Waals surface area contributed by atoms with Crippen LogP contribution < -0.4 is 15.5 Å². The van der Waals surface area contributed by atoms with Crippen molar-refractivity contribution < 1.29 is 9.53 Å². The molecule has 2 aliphatic rings. The molecular formula is C22H37IN6O2. The third-order valence-electron chi connectivity index (χ3n) is 5.58. The van der Waals surface area contributed by atoms with Gasteiger partial charge in [-0.25, -0.2) is 4.99 Å². The molecular weight excluding hydrogens is 507 g/mol. The van der Waals surface area contributed by atoms with E-state index in [0.717, 1.165) is 71.3 Å². The Balaban J connectivity index is 0.00000341. The second-order valence-corrected chi connectivity index (χ2v) is 8.10. The number of carbonyl (C=O) groups excluding carboxylic acids is 1. The van der Waals surface area contributed by atoms with Crippen molar-refractivity contribution in [2.75, 3.05) is 78.0 Å². The molecule has 0 bridgehead atoms. The summed E-state index contributed by atoms with van der Waals surface area (Å²) in [6, 6.07) is 10.8. The number of aliphatic imine (C=N–C) groups is 1. The first-order chi connectivity index (χ1) is 14.6. The summed E-state index contributed by atoms with van der Waals surface area (Å²) < 4.78 is 5.42. The molecule has 0 saturated carbocycles. The number of rotatable bonds is 7. The average Bonchev–Trinajstić information content (AvgIpc) is 2.78. The molecule has 1 atom stereocenters. The lowest BCUT2D eigenvalue weighted by molar-refractivity contribution is -0.127. The number of halogens is 1. The summed E-state index contributed by atoms with van der Waals surface area (Å²) in [6.07, 6.45) is 2.22. The molecule has 2 saturated heterocycles. The van der Waals surface area contributed by atoms with E-state index in [-0.39, 0.29) is 36.4 Å². The minimum Gasteiger partial charge on any atom is -0.379 e. The summed E-state index contributed by atoms with van der Waals surface area (Å²) in [4.78, 5) is 23.0. The summed E-state index contributed by atoms with van der Waals surface area (Å²) >= 11 is 0. The summed E-state index contributed by atoms with van der Waals surface area (Å²) in [7, 11) is 3.52. The van der Waals surface area contributed by atoms with E-state index in [1.165, 1.54) is 5.69 Å². The van der Waals surface area contributed by atoms with Gasteiger partial charge in [-0.2, -0.15) is 0 Å². The van der Waals surface area contributed by atoms with Crippen molar-refractivity contribution in [3.8, 4) is 0 Å². The van der Waals surface area contributed by atoms with E-state index in [1.807, 2.05) is 6.07 Å². The van der Waals surface area contributed by atoms with E-state index < -0.39 is 0 Å². The minimum atomic E-state index is -0.00108. The first-order valence-corrected chi connectivity index (χ1v) is 11.0. The zero-order chi connectivity index (χ0) is 21.2. The van der Waals surface area contributed by atoms with Gasteiger partial charge in [0.15, 0.2) is 5.96 Å². The number of amides is 1. The smallest absolute Gasteiger partial charge is 0.243 e. The fourth-order valence-electron chi connectivity index (χ4n) is 3.76. The highest BCUT2D eigenvalue weighted by Crippen LogP contribution is 2.19. The molecule has 174 valence electrons. The number of ether oxygens (including phenoxy) is 1. The van der Waals surface area contributed by atoms with Crippen molar-refractivity contribution >= 4 is 41.5 Å². The van der Waals surface area contributed by atoms with E-state index in [9.17, 15) is 4.79 Å². The van der Waals surface area contributed by atoms with Gasteiger partial charge in [-0.1, -0.05) is 18.2 Å². The SMILES string of the molecule is CN(C)C(=O)CN=C(NCCN1CCOCC1)NC1CCCN(c2ccccc2)C1.I. The predicted molar refractivity (Wildman–Crippen MR) is 136 cm³/mol. The first-order valence-electron chi connectivity index (χ1n) is 11.0. The normalized spacial score (nSPS) is 20.0. The molecule has 3 rings (SSSR count). The lowest BCUT2D eigenvalue weighted by Gasteiger charge is -2.35. The highest BCUT2D eigenvalue weighted by Gasteiger charge is 2.21. The Hall–Kier alpha value is -1.59. The lowest BCUT2D eigenvalue weighted by Crippen LogP contribution is -2.52. The van der Waals surface area contributed by atoms with Gasteiger partial charge in [0.05, 0.1) is 13.2 Å². The first kappa shape index (κ1) is 25.7. The number of anilines is 1. The molecule has 0 spiro atoms. The molecule has 1 unspecified atom stereocenters. The number of para-hydroxylation sites is 1. The number of hydrogen-bond acceptors (Lipinski definition) is 5. The van der Waals surface area contributed by atoms with Crippen LogP contribution in [0.1, 0.15) is 12.8 Å². The molecule has 2 fully saturated rings. The van der Waals surface area contributed by atoms with Gasteiger partial charge in [0.1, 0.15) is 6.54 Å². The number of morpholine rings is 1. The van der Waals surface area contributed by atoms with Gasteiger partial charge >= 0.3 is 0 Å². The lowest BCUT2D eigenvalue weighted by atomic mass is 10.1. The van der Waals surface area contributed by atoms with E-state index in [1.54, 1.807) is 19.0 Å². The number of benzene rings is 1. The number of nitrogens with zero attached hydrogens (tertiary/aromatic N) is 4. The molecule has 9 heteroatoms. The van der Waals surface area contributed by atoms with Crippen LogP contribution in [-0.2, 0) is 9.53 Å². The van der Waals surface area contributed by atoms with Gasteiger partial charge in [-0.15, -0.1) is 24.0 Å². The zero-order valence-corrected chi connectivity index (χ0v) is 21.1. The largest absolute Gasteiger partial charge is 0.379 e. The monoisotopic (exact) mass is 544 g/mol. The maximum atomic E-state index is 12.0. The summed E-state index contributed by atoms with van der Waals surface area (Å²) in [5.41, 5.74) is 1.26. The van der Waals surface area contributed by atoms with Crippen LogP contribution in [0.15, 0.2) is 35.3 Å². The third-order valence-corrected chi connectivity index (χ3v) is 5.58. The number of hydrogen-bond donors (Lipinski definition) is 2. The number of nitrogens with one attached hydrogen (secondary N) is 2. The highest BCUT2D eigenvalue weighted by atomic mass is 127. The second-order valence-electron chi connectivity index (χ2n) is 8.10. The minimum absolute atomic E-state index is 0. The molecule has 0 radical (unpaired) electrons. The fraction of sp³-hybridized carbons (Fsp3) is 0.636. The van der Waals surface area contributed by atoms with Gasteiger partial charge in [0.2, 0.25) is 5.91 Å². The molecule has 8 nitrogen and oxygen atoms in total. The Labute approximate surface area is 203 Å². The summed E-state index contributed by atoms with van der Waals surface area (Å²) in [6.45, 7) is 7.40. The van der Waals surface area contributed by atoms with Crippen LogP contribution in [0.5, 0.6) is 0 Å². The van der Waals surface area contributed by atoms with E-state index >= 15 is 0 Å². The van der Waals surface area contributed by atoms with E-state index in [2.05, 4.69) is 49.7 Å². The number of likely N-dealkylation sites (N-methyl/N-ethyl adjacent to an activating group) is 1. The molecule has 31 heavy (non-hydrogen) atoms. The molecule has 0 aromatic heterocycles. The number of carbonyl (C=O) groups is 1. The van der Waals surface area contributed by atoms with E-state index in [0.29, 0.717) is 6.04 Å². The van der Waals surface area contributed by atoms with Crippen molar-refractivity contribution in [2.45, 2.75) is 18.9 Å². The Kier molecular flexibility index (Phi) is 11.4. The fourth-order valence-corrected chi connectivity index (χ4v) is 3.76. The molecule has 2 N–H and O–H groups in total. The van der Waals surface area contributed by atoms with Crippen LogP contribution in [0.25, 0.3) is 0 Å². The molecule has 2 aliphatic heterocycles. The Bertz CT molecular complexity index is 682. The highest BCUT2D eigenvalue weighted by molar-refractivity contribution is 14.0. The van der Waals surface area contributed by atoms with Crippen LogP contribution in [0.4, 0.5) is 5.69 Å². The van der Waals surface area contributed by atoms with Crippen LogP contribution >= 0.6 is 24.0 Å². The molecule has 1 aromatic carbocycles. The van der Waals surface area contributed by atoms with E-state index in [4.69, 9.17) is 4.74 Å². The second kappa shape index (κ2) is 13.7. The summed E-state index contributed by atoms with van der Waals surface area (Å²) in [5, 5.41) is 7.00. The number of piperidine rings is 1. The average molecular weight is 544 g/mol. The van der Waals surface area contributed by atoms with Crippen LogP contribution in [0.3, 0.4) is 0 Å². The van der Waals surface area contributed by atoms with Crippen molar-refractivity contribution in [1.82, 2.24) is 20.4 Å². The summed E-state index contributed by atoms with van der Waals surface area (Å²) in [5.74, 6) is 0.720. The standard InChI is InChI=1S/C22H36N6O2.HI/c1-26(2)21(29)17-24-22(23-10-12-27-13-15-30-16-14-27)25-19-7-6-11-28(18-19)20-8-4-3-5-9-20;/h3-5,8-9,19H,6-7,10-18H2,1-2H3,(H2,23,24,25);1H. The molecule has 0 aliphatic carbocycles. The maximum Gasteiger partial charge on any atom is 0.243 e. The predicted octanol–water partition coefficient (Wildman–Crippen LogP) is 1.23. The van der Waals surface area contributed by atoms with Crippen LogP contribution in [0, 0.1) is 0 Å². The maximum absolute atomic E-state index is 12.0. The van der Waals surface area contributed by atoms with Gasteiger partial charge in [-0.05, 0) is 25.0 Å². The van der Waals surface area contributed by atoms with Crippen molar-refractivity contribution in [2.24, 2.45) is 4.99 Å². The topological polar surface area (TPSA) is 72.4 Å². The quantitative estimate of drug-likeness (QED) is 0.306.